The maximum atomic E-state index is 12.6. The summed E-state index contributed by atoms with van der Waals surface area (Å²) in [6.07, 6.45) is 1.51. The topological polar surface area (TPSA) is 61.4 Å². The number of nitrogens with one attached hydrogen (secondary N) is 2. The van der Waals surface area contributed by atoms with E-state index in [0.717, 1.165) is 23.4 Å². The number of hydrogen-bond donors (Lipinski definition) is 2. The second-order valence-electron chi connectivity index (χ2n) is 5.95. The highest BCUT2D eigenvalue weighted by Gasteiger charge is 2.34. The number of amides is 3. The summed E-state index contributed by atoms with van der Waals surface area (Å²) >= 11 is 0. The van der Waals surface area contributed by atoms with E-state index in [4.69, 9.17) is 0 Å². The highest BCUT2D eigenvalue weighted by molar-refractivity contribution is 5.99. The van der Waals surface area contributed by atoms with Crippen LogP contribution >= 0.6 is 0 Å². The van der Waals surface area contributed by atoms with Crippen LogP contribution in [-0.4, -0.2) is 29.4 Å². The van der Waals surface area contributed by atoms with Gasteiger partial charge in [-0.15, -0.1) is 0 Å². The Labute approximate surface area is 141 Å². The number of urea groups is 1. The molecule has 3 amide bonds. The van der Waals surface area contributed by atoms with E-state index in [1.165, 1.54) is 0 Å². The first-order chi connectivity index (χ1) is 11.6. The number of rotatable bonds is 3. The SMILES string of the molecule is Cc1ccccc1NC(=O)N1CCC[C@@H]1C(=O)Nc1ccccc1. The molecule has 1 aliphatic heterocycles. The van der Waals surface area contributed by atoms with Gasteiger partial charge in [-0.2, -0.15) is 0 Å². The minimum atomic E-state index is -0.436. The molecule has 1 heterocycles. The van der Waals surface area contributed by atoms with Gasteiger partial charge in [0.1, 0.15) is 6.04 Å². The Balaban J connectivity index is 1.67. The Hall–Kier alpha value is -2.82. The lowest BCUT2D eigenvalue weighted by Gasteiger charge is -2.24. The minimum absolute atomic E-state index is 0.140. The van der Waals surface area contributed by atoms with Crippen molar-refractivity contribution >= 4 is 23.3 Å². The summed E-state index contributed by atoms with van der Waals surface area (Å²) < 4.78 is 0. The fraction of sp³-hybridized carbons (Fsp3) is 0.263. The van der Waals surface area contributed by atoms with Crippen LogP contribution in [0.5, 0.6) is 0 Å². The fourth-order valence-corrected chi connectivity index (χ4v) is 2.93. The van der Waals surface area contributed by atoms with E-state index in [9.17, 15) is 9.59 Å². The maximum Gasteiger partial charge on any atom is 0.322 e. The van der Waals surface area contributed by atoms with Crippen LogP contribution in [0.25, 0.3) is 0 Å². The lowest BCUT2D eigenvalue weighted by atomic mass is 10.2. The van der Waals surface area contributed by atoms with Crippen LogP contribution in [0, 0.1) is 6.92 Å². The smallest absolute Gasteiger partial charge is 0.322 e. The average molecular weight is 323 g/mol. The van der Waals surface area contributed by atoms with Crippen LogP contribution in [-0.2, 0) is 4.79 Å². The third-order valence-corrected chi connectivity index (χ3v) is 4.24. The molecule has 124 valence electrons. The van der Waals surface area contributed by atoms with Crippen molar-refractivity contribution in [2.45, 2.75) is 25.8 Å². The van der Waals surface area contributed by atoms with Gasteiger partial charge < -0.3 is 15.5 Å². The maximum absolute atomic E-state index is 12.6. The van der Waals surface area contributed by atoms with Crippen molar-refractivity contribution in [1.29, 1.82) is 0 Å². The zero-order valence-corrected chi connectivity index (χ0v) is 13.7. The van der Waals surface area contributed by atoms with E-state index in [1.54, 1.807) is 4.90 Å². The predicted octanol–water partition coefficient (Wildman–Crippen LogP) is 3.63. The second-order valence-corrected chi connectivity index (χ2v) is 5.95. The normalized spacial score (nSPS) is 16.7. The molecule has 1 fully saturated rings. The van der Waals surface area contributed by atoms with E-state index >= 15 is 0 Å². The van der Waals surface area contributed by atoms with Gasteiger partial charge in [0.25, 0.3) is 0 Å². The fourth-order valence-electron chi connectivity index (χ4n) is 2.93. The van der Waals surface area contributed by atoms with E-state index in [2.05, 4.69) is 10.6 Å². The zero-order chi connectivity index (χ0) is 16.9. The number of likely N-dealkylation sites (tertiary alicyclic amines) is 1. The molecule has 2 aromatic rings. The molecule has 0 radical (unpaired) electrons. The van der Waals surface area contributed by atoms with Crippen LogP contribution in [0.3, 0.4) is 0 Å². The summed E-state index contributed by atoms with van der Waals surface area (Å²) in [6, 6.07) is 16.3. The largest absolute Gasteiger partial charge is 0.324 e. The molecule has 1 saturated heterocycles. The van der Waals surface area contributed by atoms with Gasteiger partial charge in [-0.1, -0.05) is 36.4 Å². The molecule has 0 aliphatic carbocycles. The van der Waals surface area contributed by atoms with Gasteiger partial charge in [0.15, 0.2) is 0 Å². The highest BCUT2D eigenvalue weighted by atomic mass is 16.2. The summed E-state index contributed by atoms with van der Waals surface area (Å²) in [5, 5.41) is 5.79. The number of para-hydroxylation sites is 2. The lowest BCUT2D eigenvalue weighted by Crippen LogP contribution is -2.45. The number of anilines is 2. The van der Waals surface area contributed by atoms with Gasteiger partial charge in [0, 0.05) is 17.9 Å². The quantitative estimate of drug-likeness (QED) is 0.906. The molecule has 0 saturated carbocycles. The van der Waals surface area contributed by atoms with Crippen LogP contribution in [0.15, 0.2) is 54.6 Å². The van der Waals surface area contributed by atoms with Gasteiger partial charge >= 0.3 is 6.03 Å². The first kappa shape index (κ1) is 16.1. The molecule has 1 aliphatic rings. The van der Waals surface area contributed by atoms with Gasteiger partial charge in [-0.3, -0.25) is 4.79 Å². The number of benzene rings is 2. The van der Waals surface area contributed by atoms with Crippen molar-refractivity contribution in [1.82, 2.24) is 4.90 Å². The number of hydrogen-bond acceptors (Lipinski definition) is 2. The van der Waals surface area contributed by atoms with Crippen LogP contribution in [0.1, 0.15) is 18.4 Å². The van der Waals surface area contributed by atoms with E-state index in [1.807, 2.05) is 61.5 Å². The Kier molecular flexibility index (Phi) is 4.79. The molecule has 5 nitrogen and oxygen atoms in total. The standard InChI is InChI=1S/C19H21N3O2/c1-14-8-5-6-11-16(14)21-19(24)22-13-7-12-17(22)18(23)20-15-9-3-2-4-10-15/h2-6,8-11,17H,7,12-13H2,1H3,(H,20,23)(H,21,24)/t17-/m1/s1. The average Bonchev–Trinajstić information content (AvgIpc) is 3.08. The molecule has 0 bridgehead atoms. The summed E-state index contributed by atoms with van der Waals surface area (Å²) in [6.45, 7) is 2.53. The van der Waals surface area contributed by atoms with Gasteiger partial charge in [0.2, 0.25) is 5.91 Å². The third-order valence-electron chi connectivity index (χ3n) is 4.24. The molecule has 5 heteroatoms. The number of nitrogens with zero attached hydrogens (tertiary/aromatic N) is 1. The Morgan fingerprint density at radius 1 is 1.00 bits per heavy atom. The van der Waals surface area contributed by atoms with Crippen molar-refractivity contribution in [2.24, 2.45) is 0 Å². The molecular formula is C19H21N3O2. The molecule has 2 N–H and O–H groups in total. The highest BCUT2D eigenvalue weighted by Crippen LogP contribution is 2.21. The predicted molar refractivity (Wildman–Crippen MR) is 95.0 cm³/mol. The van der Waals surface area contributed by atoms with Crippen LogP contribution in [0.4, 0.5) is 16.2 Å². The number of carbonyl (C=O) groups excluding carboxylic acids is 2. The van der Waals surface area contributed by atoms with E-state index < -0.39 is 6.04 Å². The van der Waals surface area contributed by atoms with Crippen molar-refractivity contribution in [2.75, 3.05) is 17.2 Å². The zero-order valence-electron chi connectivity index (χ0n) is 13.7. The minimum Gasteiger partial charge on any atom is -0.324 e. The van der Waals surface area contributed by atoms with E-state index in [0.29, 0.717) is 13.0 Å². The molecule has 2 aromatic carbocycles. The molecule has 3 rings (SSSR count). The summed E-state index contributed by atoms with van der Waals surface area (Å²) in [7, 11) is 0. The molecule has 0 unspecified atom stereocenters. The van der Waals surface area contributed by atoms with Gasteiger partial charge in [-0.05, 0) is 43.5 Å². The van der Waals surface area contributed by atoms with Gasteiger partial charge in [-0.25, -0.2) is 4.79 Å². The monoisotopic (exact) mass is 323 g/mol. The molecule has 0 spiro atoms. The molecular weight excluding hydrogens is 302 g/mol. The van der Waals surface area contributed by atoms with Gasteiger partial charge in [0.05, 0.1) is 0 Å². The summed E-state index contributed by atoms with van der Waals surface area (Å²) in [4.78, 5) is 26.7. The van der Waals surface area contributed by atoms with Crippen LogP contribution in [0.2, 0.25) is 0 Å². The Morgan fingerprint density at radius 2 is 1.71 bits per heavy atom. The van der Waals surface area contributed by atoms with Crippen molar-refractivity contribution in [3.05, 3.63) is 60.2 Å². The third kappa shape index (κ3) is 3.56. The Morgan fingerprint density at radius 3 is 2.46 bits per heavy atom. The van der Waals surface area contributed by atoms with Crippen molar-refractivity contribution < 1.29 is 9.59 Å². The lowest BCUT2D eigenvalue weighted by molar-refractivity contribution is -0.119. The Bertz CT molecular complexity index is 730. The van der Waals surface area contributed by atoms with Crippen molar-refractivity contribution in [3.8, 4) is 0 Å². The van der Waals surface area contributed by atoms with Crippen LogP contribution < -0.4 is 10.6 Å². The second kappa shape index (κ2) is 7.17. The number of carbonyl (C=O) groups is 2. The molecule has 24 heavy (non-hydrogen) atoms. The summed E-state index contributed by atoms with van der Waals surface area (Å²) in [5.41, 5.74) is 2.51. The molecule has 1 atom stereocenters. The summed E-state index contributed by atoms with van der Waals surface area (Å²) in [5.74, 6) is -0.140. The first-order valence-corrected chi connectivity index (χ1v) is 8.14. The first-order valence-electron chi connectivity index (χ1n) is 8.14. The molecule has 0 aromatic heterocycles. The van der Waals surface area contributed by atoms with Crippen molar-refractivity contribution in [3.63, 3.8) is 0 Å². The number of aryl methyl sites for hydroxylation is 1. The van der Waals surface area contributed by atoms with E-state index in [-0.39, 0.29) is 11.9 Å².